The SMILES string of the molecule is CC1CCCCN1S(=O)(=O)c1ccc2c(c1)N(C)CCO2. The second-order valence-electron chi connectivity index (χ2n) is 5.86. The van der Waals surface area contributed by atoms with Gasteiger partial charge in [0.05, 0.1) is 17.1 Å². The van der Waals surface area contributed by atoms with Crippen molar-refractivity contribution in [1.29, 1.82) is 0 Å². The van der Waals surface area contributed by atoms with Crippen molar-refractivity contribution >= 4 is 15.7 Å². The zero-order valence-corrected chi connectivity index (χ0v) is 13.4. The van der Waals surface area contributed by atoms with Crippen molar-refractivity contribution in [3.8, 4) is 5.75 Å². The highest BCUT2D eigenvalue weighted by atomic mass is 32.2. The van der Waals surface area contributed by atoms with Crippen LogP contribution in [0.2, 0.25) is 0 Å². The predicted octanol–water partition coefficient (Wildman–Crippen LogP) is 2.08. The molecule has 6 heteroatoms. The minimum atomic E-state index is -3.42. The van der Waals surface area contributed by atoms with Gasteiger partial charge in [-0.25, -0.2) is 8.42 Å². The molecule has 1 atom stereocenters. The van der Waals surface area contributed by atoms with Crippen molar-refractivity contribution in [3.05, 3.63) is 18.2 Å². The molecule has 2 aliphatic rings. The van der Waals surface area contributed by atoms with Crippen molar-refractivity contribution in [2.45, 2.75) is 37.1 Å². The third-order valence-electron chi connectivity index (χ3n) is 4.37. The number of sulfonamides is 1. The number of nitrogens with zero attached hydrogens (tertiary/aromatic N) is 2. The van der Waals surface area contributed by atoms with Crippen molar-refractivity contribution in [2.24, 2.45) is 0 Å². The Balaban J connectivity index is 1.97. The lowest BCUT2D eigenvalue weighted by molar-refractivity contribution is 0.268. The van der Waals surface area contributed by atoms with Gasteiger partial charge in [-0.2, -0.15) is 4.31 Å². The molecule has 0 spiro atoms. The molecule has 0 N–H and O–H groups in total. The normalized spacial score (nSPS) is 23.5. The number of hydrogen-bond donors (Lipinski definition) is 0. The van der Waals surface area contributed by atoms with Gasteiger partial charge in [-0.15, -0.1) is 0 Å². The Labute approximate surface area is 126 Å². The Kier molecular flexibility index (Phi) is 3.84. The Bertz CT molecular complexity index is 630. The largest absolute Gasteiger partial charge is 0.490 e. The number of likely N-dealkylation sites (N-methyl/N-ethyl adjacent to an activating group) is 1. The highest BCUT2D eigenvalue weighted by Crippen LogP contribution is 2.34. The van der Waals surface area contributed by atoms with Crippen LogP contribution >= 0.6 is 0 Å². The maximum Gasteiger partial charge on any atom is 0.243 e. The number of rotatable bonds is 2. The number of benzene rings is 1. The topological polar surface area (TPSA) is 49.9 Å². The number of anilines is 1. The van der Waals surface area contributed by atoms with Crippen LogP contribution < -0.4 is 9.64 Å². The fourth-order valence-electron chi connectivity index (χ4n) is 3.06. The lowest BCUT2D eigenvalue weighted by Gasteiger charge is -2.33. The molecule has 2 aliphatic heterocycles. The van der Waals surface area contributed by atoms with Gasteiger partial charge >= 0.3 is 0 Å². The molecule has 3 rings (SSSR count). The molecule has 21 heavy (non-hydrogen) atoms. The predicted molar refractivity (Wildman–Crippen MR) is 82.4 cm³/mol. The Morgan fingerprint density at radius 2 is 2.05 bits per heavy atom. The zero-order valence-electron chi connectivity index (χ0n) is 12.6. The summed E-state index contributed by atoms with van der Waals surface area (Å²) in [6, 6.07) is 5.25. The quantitative estimate of drug-likeness (QED) is 0.839. The molecule has 0 radical (unpaired) electrons. The maximum absolute atomic E-state index is 12.9. The summed E-state index contributed by atoms with van der Waals surface area (Å²) < 4.78 is 32.9. The molecule has 5 nitrogen and oxygen atoms in total. The minimum absolute atomic E-state index is 0.0776. The summed E-state index contributed by atoms with van der Waals surface area (Å²) in [7, 11) is -1.46. The van der Waals surface area contributed by atoms with E-state index in [2.05, 4.69) is 0 Å². The highest BCUT2D eigenvalue weighted by Gasteiger charge is 2.31. The van der Waals surface area contributed by atoms with Gasteiger partial charge in [-0.1, -0.05) is 6.42 Å². The molecule has 1 unspecified atom stereocenters. The summed E-state index contributed by atoms with van der Waals surface area (Å²) in [5, 5.41) is 0. The van der Waals surface area contributed by atoms with Crippen LogP contribution in [0.3, 0.4) is 0 Å². The van der Waals surface area contributed by atoms with Crippen LogP contribution in [0.1, 0.15) is 26.2 Å². The van der Waals surface area contributed by atoms with E-state index >= 15 is 0 Å². The summed E-state index contributed by atoms with van der Waals surface area (Å²) in [6.07, 6.45) is 2.98. The number of piperidine rings is 1. The fraction of sp³-hybridized carbons (Fsp3) is 0.600. The van der Waals surface area contributed by atoms with Gasteiger partial charge in [-0.3, -0.25) is 0 Å². The summed E-state index contributed by atoms with van der Waals surface area (Å²) in [6.45, 7) is 4.02. The van der Waals surface area contributed by atoms with Crippen LogP contribution in [0.5, 0.6) is 5.75 Å². The van der Waals surface area contributed by atoms with E-state index in [9.17, 15) is 8.42 Å². The van der Waals surface area contributed by atoms with Crippen molar-refractivity contribution in [3.63, 3.8) is 0 Å². The average Bonchev–Trinajstić information content (AvgIpc) is 2.47. The summed E-state index contributed by atoms with van der Waals surface area (Å²) in [5.41, 5.74) is 0.854. The molecule has 116 valence electrons. The Morgan fingerprint density at radius 3 is 2.81 bits per heavy atom. The van der Waals surface area contributed by atoms with Gasteiger partial charge in [0.15, 0.2) is 0 Å². The summed E-state index contributed by atoms with van der Waals surface area (Å²) in [5.74, 6) is 0.759. The smallest absolute Gasteiger partial charge is 0.243 e. The van der Waals surface area contributed by atoms with Crippen LogP contribution in [-0.4, -0.2) is 45.5 Å². The second-order valence-corrected chi connectivity index (χ2v) is 7.75. The van der Waals surface area contributed by atoms with Gasteiger partial charge < -0.3 is 9.64 Å². The first-order valence-electron chi connectivity index (χ1n) is 7.50. The van der Waals surface area contributed by atoms with Crippen LogP contribution in [0, 0.1) is 0 Å². The van der Waals surface area contributed by atoms with Gasteiger partial charge in [0.1, 0.15) is 12.4 Å². The molecule has 2 heterocycles. The molecule has 1 fully saturated rings. The van der Waals surface area contributed by atoms with E-state index < -0.39 is 10.0 Å². The highest BCUT2D eigenvalue weighted by molar-refractivity contribution is 7.89. The van der Waals surface area contributed by atoms with Crippen LogP contribution in [-0.2, 0) is 10.0 Å². The first kappa shape index (κ1) is 14.7. The Morgan fingerprint density at radius 1 is 1.24 bits per heavy atom. The molecule has 1 saturated heterocycles. The first-order valence-corrected chi connectivity index (χ1v) is 8.94. The fourth-order valence-corrected chi connectivity index (χ4v) is 4.78. The molecule has 0 bridgehead atoms. The van der Waals surface area contributed by atoms with E-state index in [0.717, 1.165) is 37.2 Å². The van der Waals surface area contributed by atoms with E-state index in [1.807, 2.05) is 18.9 Å². The standard InChI is InChI=1S/C15H22N2O3S/c1-12-5-3-4-8-17(12)21(18,19)13-6-7-15-14(11-13)16(2)9-10-20-15/h6-7,11-12H,3-5,8-10H2,1-2H3. The maximum atomic E-state index is 12.9. The molecular formula is C15H22N2O3S. The van der Waals surface area contributed by atoms with Crippen molar-refractivity contribution < 1.29 is 13.2 Å². The van der Waals surface area contributed by atoms with Gasteiger partial charge in [0.2, 0.25) is 10.0 Å². The third kappa shape index (κ3) is 2.62. The molecule has 1 aromatic carbocycles. The molecule has 0 aromatic heterocycles. The zero-order chi connectivity index (χ0) is 15.0. The lowest BCUT2D eigenvalue weighted by atomic mass is 10.1. The monoisotopic (exact) mass is 310 g/mol. The number of ether oxygens (including phenoxy) is 1. The minimum Gasteiger partial charge on any atom is -0.490 e. The van der Waals surface area contributed by atoms with Crippen molar-refractivity contribution in [2.75, 3.05) is 31.6 Å². The lowest BCUT2D eigenvalue weighted by Crippen LogP contribution is -2.42. The summed E-state index contributed by atoms with van der Waals surface area (Å²) in [4.78, 5) is 2.41. The summed E-state index contributed by atoms with van der Waals surface area (Å²) >= 11 is 0. The van der Waals surface area contributed by atoms with Gasteiger partial charge in [0.25, 0.3) is 0 Å². The molecule has 1 aromatic rings. The van der Waals surface area contributed by atoms with Crippen molar-refractivity contribution in [1.82, 2.24) is 4.31 Å². The molecule has 0 saturated carbocycles. The van der Waals surface area contributed by atoms with Gasteiger partial charge in [0, 0.05) is 19.6 Å². The van der Waals surface area contributed by atoms with E-state index in [-0.39, 0.29) is 6.04 Å². The Hall–Kier alpha value is -1.27. The molecule has 0 amide bonds. The third-order valence-corrected chi connectivity index (χ3v) is 6.38. The van der Waals surface area contributed by atoms with Crippen LogP contribution in [0.15, 0.2) is 23.1 Å². The molecular weight excluding hydrogens is 288 g/mol. The second kappa shape index (κ2) is 5.50. The molecule has 0 aliphatic carbocycles. The van der Waals surface area contributed by atoms with Crippen LogP contribution in [0.25, 0.3) is 0 Å². The van der Waals surface area contributed by atoms with Crippen LogP contribution in [0.4, 0.5) is 5.69 Å². The van der Waals surface area contributed by atoms with E-state index in [1.165, 1.54) is 0 Å². The van der Waals surface area contributed by atoms with Gasteiger partial charge in [-0.05, 0) is 38.0 Å². The average molecular weight is 310 g/mol. The first-order chi connectivity index (χ1) is 10.00. The van der Waals surface area contributed by atoms with E-state index in [0.29, 0.717) is 18.0 Å². The van der Waals surface area contributed by atoms with E-state index in [4.69, 9.17) is 4.74 Å². The number of hydrogen-bond acceptors (Lipinski definition) is 4. The van der Waals surface area contributed by atoms with E-state index in [1.54, 1.807) is 22.5 Å². The number of fused-ring (bicyclic) bond motifs is 1.